The number of thiophene rings is 1. The van der Waals surface area contributed by atoms with Crippen LogP contribution in [0.5, 0.6) is 0 Å². The second-order valence-corrected chi connectivity index (χ2v) is 5.92. The van der Waals surface area contributed by atoms with E-state index in [9.17, 15) is 4.39 Å². The van der Waals surface area contributed by atoms with Crippen molar-refractivity contribution < 1.29 is 4.39 Å². The van der Waals surface area contributed by atoms with E-state index in [0.29, 0.717) is 12.5 Å². The van der Waals surface area contributed by atoms with Crippen molar-refractivity contribution >= 4 is 17.2 Å². The molecule has 0 amide bonds. The van der Waals surface area contributed by atoms with Gasteiger partial charge < -0.3 is 5.32 Å². The molecule has 0 atom stereocenters. The van der Waals surface area contributed by atoms with Crippen LogP contribution in [0, 0.1) is 18.0 Å². The number of halogens is 1. The zero-order valence-corrected chi connectivity index (χ0v) is 11.7. The zero-order valence-electron chi connectivity index (χ0n) is 10.9. The molecule has 98 valence electrons. The first-order valence-corrected chi connectivity index (χ1v) is 6.89. The molecular formula is C13H18FN3S. The van der Waals surface area contributed by atoms with Gasteiger partial charge in [0.2, 0.25) is 0 Å². The van der Waals surface area contributed by atoms with Gasteiger partial charge >= 0.3 is 0 Å². The summed E-state index contributed by atoms with van der Waals surface area (Å²) in [4.78, 5) is 0.976. The second-order valence-electron chi connectivity index (χ2n) is 4.81. The van der Waals surface area contributed by atoms with Crippen molar-refractivity contribution in [2.75, 3.05) is 5.32 Å². The van der Waals surface area contributed by atoms with Crippen molar-refractivity contribution in [3.05, 3.63) is 33.9 Å². The molecule has 2 aromatic heterocycles. The molecule has 0 aliphatic carbocycles. The third-order valence-electron chi connectivity index (χ3n) is 2.59. The van der Waals surface area contributed by atoms with Gasteiger partial charge in [0.25, 0.3) is 0 Å². The van der Waals surface area contributed by atoms with E-state index in [4.69, 9.17) is 0 Å². The minimum atomic E-state index is -0.145. The van der Waals surface area contributed by atoms with E-state index in [1.165, 1.54) is 6.07 Å². The van der Waals surface area contributed by atoms with Gasteiger partial charge in [-0.15, -0.1) is 11.3 Å². The molecule has 0 saturated heterocycles. The first kappa shape index (κ1) is 13.1. The Morgan fingerprint density at radius 2 is 2.22 bits per heavy atom. The molecule has 0 unspecified atom stereocenters. The number of nitrogens with zero attached hydrogens (tertiary/aromatic N) is 2. The second kappa shape index (κ2) is 5.52. The van der Waals surface area contributed by atoms with Crippen LogP contribution in [0.25, 0.3) is 0 Å². The van der Waals surface area contributed by atoms with Gasteiger partial charge in [0.15, 0.2) is 5.13 Å². The molecule has 5 heteroatoms. The lowest BCUT2D eigenvalue weighted by molar-refractivity contribution is 0.475. The summed E-state index contributed by atoms with van der Waals surface area (Å²) in [5, 5.41) is 7.56. The molecule has 0 spiro atoms. The lowest BCUT2D eigenvalue weighted by atomic mass is 10.2. The van der Waals surface area contributed by atoms with Crippen molar-refractivity contribution in [2.24, 2.45) is 5.92 Å². The quantitative estimate of drug-likeness (QED) is 0.896. The predicted molar refractivity (Wildman–Crippen MR) is 73.4 cm³/mol. The largest absolute Gasteiger partial charge is 0.364 e. The Labute approximate surface area is 111 Å². The molecule has 2 heterocycles. The van der Waals surface area contributed by atoms with E-state index >= 15 is 0 Å². The third-order valence-corrected chi connectivity index (χ3v) is 3.47. The smallest absolute Gasteiger partial charge is 0.176 e. The summed E-state index contributed by atoms with van der Waals surface area (Å²) in [7, 11) is 0. The molecule has 2 rings (SSSR count). The van der Waals surface area contributed by atoms with Gasteiger partial charge in [-0.05, 0) is 25.0 Å². The van der Waals surface area contributed by atoms with Crippen molar-refractivity contribution in [1.82, 2.24) is 9.78 Å². The fourth-order valence-corrected chi connectivity index (χ4v) is 2.42. The average Bonchev–Trinajstić information content (AvgIpc) is 2.83. The van der Waals surface area contributed by atoms with Crippen LogP contribution >= 0.6 is 11.3 Å². The molecule has 0 aliphatic heterocycles. The first-order valence-electron chi connectivity index (χ1n) is 6.07. The number of aromatic nitrogens is 2. The maximum absolute atomic E-state index is 12.8. The van der Waals surface area contributed by atoms with Crippen molar-refractivity contribution in [3.63, 3.8) is 0 Å². The highest BCUT2D eigenvalue weighted by Crippen LogP contribution is 2.17. The highest BCUT2D eigenvalue weighted by atomic mass is 32.1. The number of hydrogen-bond acceptors (Lipinski definition) is 3. The Bertz CT molecular complexity index is 516. The molecule has 0 bridgehead atoms. The van der Waals surface area contributed by atoms with Gasteiger partial charge in [0, 0.05) is 23.2 Å². The summed E-state index contributed by atoms with van der Waals surface area (Å²) in [6.45, 7) is 7.92. The Hall–Kier alpha value is -1.36. The SMILES string of the molecule is Cc1cc(NCc2ccc(F)s2)nn1CC(C)C. The van der Waals surface area contributed by atoms with E-state index in [1.807, 2.05) is 17.7 Å². The number of aryl methyl sites for hydroxylation is 1. The Morgan fingerprint density at radius 1 is 1.44 bits per heavy atom. The minimum absolute atomic E-state index is 0.145. The highest BCUT2D eigenvalue weighted by molar-refractivity contribution is 7.10. The van der Waals surface area contributed by atoms with Crippen LogP contribution in [0.15, 0.2) is 18.2 Å². The van der Waals surface area contributed by atoms with E-state index in [0.717, 1.165) is 34.3 Å². The molecule has 0 aliphatic rings. The summed E-state index contributed by atoms with van der Waals surface area (Å²) < 4.78 is 14.8. The lowest BCUT2D eigenvalue weighted by Crippen LogP contribution is -2.08. The number of anilines is 1. The van der Waals surface area contributed by atoms with E-state index in [2.05, 4.69) is 24.3 Å². The predicted octanol–water partition coefficient (Wildman–Crippen LogP) is 3.66. The Morgan fingerprint density at radius 3 is 2.83 bits per heavy atom. The monoisotopic (exact) mass is 267 g/mol. The lowest BCUT2D eigenvalue weighted by Gasteiger charge is -2.06. The molecule has 3 nitrogen and oxygen atoms in total. The number of rotatable bonds is 5. The molecule has 0 saturated carbocycles. The van der Waals surface area contributed by atoms with Gasteiger partial charge in [0.05, 0.1) is 6.54 Å². The van der Waals surface area contributed by atoms with Gasteiger partial charge in [-0.3, -0.25) is 4.68 Å². The first-order chi connectivity index (χ1) is 8.54. The van der Waals surface area contributed by atoms with E-state index in [1.54, 1.807) is 6.07 Å². The van der Waals surface area contributed by atoms with Crippen LogP contribution in [-0.4, -0.2) is 9.78 Å². The van der Waals surface area contributed by atoms with Crippen molar-refractivity contribution in [1.29, 1.82) is 0 Å². The van der Waals surface area contributed by atoms with Crippen LogP contribution in [-0.2, 0) is 13.1 Å². The Balaban J connectivity index is 1.97. The summed E-state index contributed by atoms with van der Waals surface area (Å²) in [6, 6.07) is 5.31. The van der Waals surface area contributed by atoms with Crippen molar-refractivity contribution in [2.45, 2.75) is 33.9 Å². The van der Waals surface area contributed by atoms with Crippen LogP contribution in [0.2, 0.25) is 0 Å². The number of nitrogens with one attached hydrogen (secondary N) is 1. The summed E-state index contributed by atoms with van der Waals surface area (Å²) in [5.41, 5.74) is 1.14. The van der Waals surface area contributed by atoms with Crippen LogP contribution < -0.4 is 5.32 Å². The normalized spacial score (nSPS) is 11.2. The van der Waals surface area contributed by atoms with Crippen LogP contribution in [0.3, 0.4) is 0 Å². The molecule has 0 aromatic carbocycles. The van der Waals surface area contributed by atoms with Crippen LogP contribution in [0.1, 0.15) is 24.4 Å². The average molecular weight is 267 g/mol. The molecule has 0 radical (unpaired) electrons. The van der Waals surface area contributed by atoms with Gasteiger partial charge in [-0.25, -0.2) is 0 Å². The fourth-order valence-electron chi connectivity index (χ4n) is 1.75. The van der Waals surface area contributed by atoms with E-state index in [-0.39, 0.29) is 5.13 Å². The zero-order chi connectivity index (χ0) is 13.1. The van der Waals surface area contributed by atoms with Crippen LogP contribution in [0.4, 0.5) is 10.2 Å². The molecule has 18 heavy (non-hydrogen) atoms. The maximum Gasteiger partial charge on any atom is 0.176 e. The fraction of sp³-hybridized carbons (Fsp3) is 0.462. The van der Waals surface area contributed by atoms with E-state index < -0.39 is 0 Å². The highest BCUT2D eigenvalue weighted by Gasteiger charge is 2.06. The minimum Gasteiger partial charge on any atom is -0.364 e. The third kappa shape index (κ3) is 3.32. The number of hydrogen-bond donors (Lipinski definition) is 1. The standard InChI is InChI=1S/C13H18FN3S/c1-9(2)8-17-10(3)6-13(16-17)15-7-11-4-5-12(14)18-11/h4-6,9H,7-8H2,1-3H3,(H,15,16). The van der Waals surface area contributed by atoms with Gasteiger partial charge in [0.1, 0.15) is 5.82 Å². The summed E-state index contributed by atoms with van der Waals surface area (Å²) in [5.74, 6) is 1.42. The molecule has 0 fully saturated rings. The molecule has 1 N–H and O–H groups in total. The van der Waals surface area contributed by atoms with Crippen molar-refractivity contribution in [3.8, 4) is 0 Å². The van der Waals surface area contributed by atoms with Gasteiger partial charge in [-0.2, -0.15) is 9.49 Å². The summed E-state index contributed by atoms with van der Waals surface area (Å²) in [6.07, 6.45) is 0. The maximum atomic E-state index is 12.8. The Kier molecular flexibility index (Phi) is 4.01. The summed E-state index contributed by atoms with van der Waals surface area (Å²) >= 11 is 1.16. The topological polar surface area (TPSA) is 29.9 Å². The van der Waals surface area contributed by atoms with Gasteiger partial charge in [-0.1, -0.05) is 13.8 Å². The molecular weight excluding hydrogens is 249 g/mol. The molecule has 2 aromatic rings.